The first-order chi connectivity index (χ1) is 9.60. The second kappa shape index (κ2) is 6.48. The Bertz CT molecular complexity index is 506. The van der Waals surface area contributed by atoms with Crippen LogP contribution in [0, 0.1) is 6.92 Å². The molecule has 118 valence electrons. The molecule has 21 heavy (non-hydrogen) atoms. The summed E-state index contributed by atoms with van der Waals surface area (Å²) in [6.45, 7) is 13.0. The van der Waals surface area contributed by atoms with Crippen LogP contribution in [0.4, 0.5) is 0 Å². The zero-order valence-corrected chi connectivity index (χ0v) is 14.0. The van der Waals surface area contributed by atoms with Crippen molar-refractivity contribution in [1.82, 2.24) is 5.32 Å². The third-order valence-corrected chi connectivity index (χ3v) is 3.57. The number of nitrogens with one attached hydrogen (secondary N) is 1. The molecule has 0 aromatic heterocycles. The summed E-state index contributed by atoms with van der Waals surface area (Å²) in [4.78, 5) is 11.7. The lowest BCUT2D eigenvalue weighted by atomic mass is 9.86. The number of hydrogen-bond acceptors (Lipinski definition) is 3. The number of likely N-dealkylation sites (N-methyl/N-ethyl adjacent to an activating group) is 1. The molecule has 1 aromatic rings. The fourth-order valence-corrected chi connectivity index (χ4v) is 2.19. The Morgan fingerprint density at radius 3 is 2.38 bits per heavy atom. The summed E-state index contributed by atoms with van der Waals surface area (Å²) in [5.74, 6) is 0.405. The van der Waals surface area contributed by atoms with E-state index in [1.807, 2.05) is 19.9 Å². The molecule has 1 atom stereocenters. The van der Waals surface area contributed by atoms with Gasteiger partial charge in [0.2, 0.25) is 5.91 Å². The molecule has 0 radical (unpaired) electrons. The van der Waals surface area contributed by atoms with Gasteiger partial charge in [0.25, 0.3) is 0 Å². The molecule has 1 aromatic carbocycles. The standard InChI is InChI=1S/C17H28N2O2/c1-7-19-17(6,15(18)20)11-21-14-10-12(2)8-9-13(14)16(3,4)5/h8-10,19H,7,11H2,1-6H3,(H2,18,20). The quantitative estimate of drug-likeness (QED) is 0.847. The molecule has 4 heteroatoms. The Hall–Kier alpha value is -1.55. The van der Waals surface area contributed by atoms with Gasteiger partial charge < -0.3 is 15.8 Å². The maximum absolute atomic E-state index is 11.7. The summed E-state index contributed by atoms with van der Waals surface area (Å²) >= 11 is 0. The third kappa shape index (κ3) is 4.46. The summed E-state index contributed by atoms with van der Waals surface area (Å²) < 4.78 is 5.96. The predicted molar refractivity (Wildman–Crippen MR) is 86.7 cm³/mol. The summed E-state index contributed by atoms with van der Waals surface area (Å²) in [6.07, 6.45) is 0. The van der Waals surface area contributed by atoms with Gasteiger partial charge in [0, 0.05) is 0 Å². The van der Waals surface area contributed by atoms with E-state index in [0.29, 0.717) is 6.54 Å². The van der Waals surface area contributed by atoms with Gasteiger partial charge in [0.15, 0.2) is 0 Å². The van der Waals surface area contributed by atoms with Crippen LogP contribution in [-0.2, 0) is 10.2 Å². The van der Waals surface area contributed by atoms with Gasteiger partial charge in [0.05, 0.1) is 0 Å². The smallest absolute Gasteiger partial charge is 0.240 e. The van der Waals surface area contributed by atoms with E-state index in [1.54, 1.807) is 6.92 Å². The first-order valence-electron chi connectivity index (χ1n) is 7.39. The zero-order chi connectivity index (χ0) is 16.3. The van der Waals surface area contributed by atoms with Crippen LogP contribution >= 0.6 is 0 Å². The molecule has 0 saturated heterocycles. The van der Waals surface area contributed by atoms with E-state index in [2.05, 4.69) is 38.2 Å². The zero-order valence-electron chi connectivity index (χ0n) is 14.0. The van der Waals surface area contributed by atoms with Crippen molar-refractivity contribution in [2.75, 3.05) is 13.2 Å². The highest BCUT2D eigenvalue weighted by atomic mass is 16.5. The van der Waals surface area contributed by atoms with Crippen molar-refractivity contribution in [2.24, 2.45) is 5.73 Å². The minimum atomic E-state index is -0.867. The van der Waals surface area contributed by atoms with E-state index in [-0.39, 0.29) is 12.0 Å². The maximum atomic E-state index is 11.7. The lowest BCUT2D eigenvalue weighted by Gasteiger charge is -2.29. The molecule has 0 aliphatic rings. The Morgan fingerprint density at radius 1 is 1.29 bits per heavy atom. The summed E-state index contributed by atoms with van der Waals surface area (Å²) in [7, 11) is 0. The van der Waals surface area contributed by atoms with E-state index < -0.39 is 11.4 Å². The van der Waals surface area contributed by atoms with Gasteiger partial charge in [-0.15, -0.1) is 0 Å². The van der Waals surface area contributed by atoms with Gasteiger partial charge in [-0.05, 0) is 43.0 Å². The molecule has 0 saturated carbocycles. The molecule has 0 bridgehead atoms. The number of amides is 1. The highest BCUT2D eigenvalue weighted by Crippen LogP contribution is 2.32. The normalized spacial score (nSPS) is 14.6. The van der Waals surface area contributed by atoms with Crippen LogP contribution in [-0.4, -0.2) is 24.6 Å². The number of ether oxygens (including phenoxy) is 1. The molecule has 3 N–H and O–H groups in total. The molecule has 1 rings (SSSR count). The first-order valence-corrected chi connectivity index (χ1v) is 7.39. The maximum Gasteiger partial charge on any atom is 0.240 e. The Labute approximate surface area is 128 Å². The van der Waals surface area contributed by atoms with Gasteiger partial charge >= 0.3 is 0 Å². The fraction of sp³-hybridized carbons (Fsp3) is 0.588. The van der Waals surface area contributed by atoms with Crippen molar-refractivity contribution >= 4 is 5.91 Å². The van der Waals surface area contributed by atoms with E-state index in [0.717, 1.165) is 16.9 Å². The first kappa shape index (κ1) is 17.5. The molecule has 0 aliphatic carbocycles. The predicted octanol–water partition coefficient (Wildman–Crippen LogP) is 2.52. The molecule has 1 amide bonds. The number of nitrogens with two attached hydrogens (primary N) is 1. The van der Waals surface area contributed by atoms with E-state index in [9.17, 15) is 4.79 Å². The van der Waals surface area contributed by atoms with Crippen molar-refractivity contribution in [1.29, 1.82) is 0 Å². The summed E-state index contributed by atoms with van der Waals surface area (Å²) in [5, 5.41) is 3.10. The minimum absolute atomic E-state index is 0.0235. The van der Waals surface area contributed by atoms with Crippen LogP contribution in [0.3, 0.4) is 0 Å². The number of carbonyl (C=O) groups is 1. The average Bonchev–Trinajstić information content (AvgIpc) is 2.35. The van der Waals surface area contributed by atoms with Crippen molar-refractivity contribution in [3.63, 3.8) is 0 Å². The van der Waals surface area contributed by atoms with Crippen LogP contribution in [0.15, 0.2) is 18.2 Å². The molecule has 0 spiro atoms. The van der Waals surface area contributed by atoms with Crippen LogP contribution < -0.4 is 15.8 Å². The van der Waals surface area contributed by atoms with Crippen LogP contribution in [0.2, 0.25) is 0 Å². The molecular formula is C17H28N2O2. The molecule has 0 aliphatic heterocycles. The Morgan fingerprint density at radius 2 is 1.90 bits per heavy atom. The molecule has 1 unspecified atom stereocenters. The van der Waals surface area contributed by atoms with E-state index >= 15 is 0 Å². The van der Waals surface area contributed by atoms with Crippen LogP contribution in [0.1, 0.15) is 45.7 Å². The van der Waals surface area contributed by atoms with Crippen molar-refractivity contribution in [3.05, 3.63) is 29.3 Å². The molecule has 0 heterocycles. The van der Waals surface area contributed by atoms with Gasteiger partial charge in [0.1, 0.15) is 17.9 Å². The molecule has 0 fully saturated rings. The van der Waals surface area contributed by atoms with E-state index in [1.165, 1.54) is 0 Å². The van der Waals surface area contributed by atoms with Crippen molar-refractivity contribution in [3.8, 4) is 5.75 Å². The minimum Gasteiger partial charge on any atom is -0.491 e. The number of hydrogen-bond donors (Lipinski definition) is 2. The van der Waals surface area contributed by atoms with Crippen LogP contribution in [0.25, 0.3) is 0 Å². The highest BCUT2D eigenvalue weighted by Gasteiger charge is 2.31. The topological polar surface area (TPSA) is 64.3 Å². The fourth-order valence-electron chi connectivity index (χ4n) is 2.19. The lowest BCUT2D eigenvalue weighted by Crippen LogP contribution is -2.57. The third-order valence-electron chi connectivity index (χ3n) is 3.57. The Balaban J connectivity index is 3.02. The second-order valence-electron chi connectivity index (χ2n) is 6.76. The van der Waals surface area contributed by atoms with Gasteiger partial charge in [-0.1, -0.05) is 39.8 Å². The number of aryl methyl sites for hydroxylation is 1. The lowest BCUT2D eigenvalue weighted by molar-refractivity contribution is -0.124. The van der Waals surface area contributed by atoms with Crippen molar-refractivity contribution < 1.29 is 9.53 Å². The second-order valence-corrected chi connectivity index (χ2v) is 6.76. The monoisotopic (exact) mass is 292 g/mol. The average molecular weight is 292 g/mol. The molecule has 4 nitrogen and oxygen atoms in total. The van der Waals surface area contributed by atoms with Gasteiger partial charge in [-0.3, -0.25) is 4.79 Å². The van der Waals surface area contributed by atoms with Gasteiger partial charge in [-0.25, -0.2) is 0 Å². The Kier molecular flexibility index (Phi) is 5.40. The molecular weight excluding hydrogens is 264 g/mol. The summed E-state index contributed by atoms with van der Waals surface area (Å²) in [5.41, 5.74) is 6.85. The number of rotatable bonds is 6. The number of primary amides is 1. The largest absolute Gasteiger partial charge is 0.491 e. The highest BCUT2D eigenvalue weighted by molar-refractivity contribution is 5.84. The van der Waals surface area contributed by atoms with E-state index in [4.69, 9.17) is 10.5 Å². The number of benzene rings is 1. The van der Waals surface area contributed by atoms with Crippen molar-refractivity contribution in [2.45, 2.75) is 52.5 Å². The van der Waals surface area contributed by atoms with Gasteiger partial charge in [-0.2, -0.15) is 0 Å². The van der Waals surface area contributed by atoms with Crippen LogP contribution in [0.5, 0.6) is 5.75 Å². The summed E-state index contributed by atoms with van der Waals surface area (Å²) in [6, 6.07) is 6.17. The number of carbonyl (C=O) groups excluding carboxylic acids is 1. The SMILES string of the molecule is CCNC(C)(COc1cc(C)ccc1C(C)(C)C)C(N)=O.